The molecule has 7 heteroatoms. The van der Waals surface area contributed by atoms with Gasteiger partial charge in [-0.3, -0.25) is 9.59 Å². The third-order valence-electron chi connectivity index (χ3n) is 4.33. The van der Waals surface area contributed by atoms with Crippen molar-refractivity contribution < 1.29 is 24.2 Å². The van der Waals surface area contributed by atoms with E-state index in [4.69, 9.17) is 4.74 Å². The number of amides is 2. The molecule has 0 saturated heterocycles. The minimum Gasteiger partial charge on any atom is -0.545 e. The third-order valence-corrected chi connectivity index (χ3v) is 4.33. The van der Waals surface area contributed by atoms with Crippen molar-refractivity contribution in [3.63, 3.8) is 0 Å². The first-order valence-electron chi connectivity index (χ1n) is 9.31. The van der Waals surface area contributed by atoms with Gasteiger partial charge in [0.25, 0.3) is 11.8 Å². The molecule has 0 atom stereocenters. The Kier molecular flexibility index (Phi) is 6.80. The van der Waals surface area contributed by atoms with Gasteiger partial charge < -0.3 is 25.3 Å². The number of hydrogen-bond acceptors (Lipinski definition) is 5. The number of hydrogen-bond donors (Lipinski definition) is 2. The zero-order valence-corrected chi connectivity index (χ0v) is 16.6. The summed E-state index contributed by atoms with van der Waals surface area (Å²) in [7, 11) is 1.53. The van der Waals surface area contributed by atoms with E-state index in [2.05, 4.69) is 10.6 Å². The van der Waals surface area contributed by atoms with Gasteiger partial charge in [0.15, 0.2) is 0 Å². The molecule has 0 spiro atoms. The Balaban J connectivity index is 1.83. The van der Waals surface area contributed by atoms with Crippen LogP contribution in [0.5, 0.6) is 5.75 Å². The molecule has 3 aromatic rings. The van der Waals surface area contributed by atoms with E-state index < -0.39 is 17.8 Å². The fourth-order valence-corrected chi connectivity index (χ4v) is 2.70. The van der Waals surface area contributed by atoms with Crippen LogP contribution in [0, 0.1) is 0 Å². The first kappa shape index (κ1) is 21.3. The molecule has 3 aromatic carbocycles. The van der Waals surface area contributed by atoms with Crippen LogP contribution >= 0.6 is 0 Å². The summed E-state index contributed by atoms with van der Waals surface area (Å²) in [5, 5.41) is 16.2. The van der Waals surface area contributed by atoms with Crippen LogP contribution in [0.2, 0.25) is 0 Å². The van der Waals surface area contributed by atoms with Crippen molar-refractivity contribution in [2.45, 2.75) is 0 Å². The SMILES string of the molecule is COc1ccc(C(=O)N/C(=C/c2ccccc2)C(=O)Nc2ccc(C(=O)[O-])cc2)cc1. The lowest BCUT2D eigenvalue weighted by atomic mass is 10.1. The third kappa shape index (κ3) is 5.80. The molecule has 0 radical (unpaired) electrons. The number of anilines is 1. The maximum Gasteiger partial charge on any atom is 0.272 e. The first-order chi connectivity index (χ1) is 15.0. The van der Waals surface area contributed by atoms with Gasteiger partial charge in [0.1, 0.15) is 11.4 Å². The lowest BCUT2D eigenvalue weighted by Crippen LogP contribution is -2.30. The van der Waals surface area contributed by atoms with E-state index in [1.54, 1.807) is 42.5 Å². The molecular weight excluding hydrogens is 396 g/mol. The molecular formula is C24H19N2O5-. The molecule has 2 amide bonds. The number of ether oxygens (including phenoxy) is 1. The standard InChI is InChI=1S/C24H20N2O5/c1-31-20-13-9-17(10-14-20)22(27)26-21(15-16-5-3-2-4-6-16)23(28)25-19-11-7-18(8-12-19)24(29)30/h2-15H,1H3,(H,25,28)(H,26,27)(H,29,30)/p-1/b21-15+. The number of benzene rings is 3. The second-order valence-electron chi connectivity index (χ2n) is 6.47. The number of carbonyl (C=O) groups is 3. The van der Waals surface area contributed by atoms with Crippen LogP contribution in [0.15, 0.2) is 84.6 Å². The summed E-state index contributed by atoms with van der Waals surface area (Å²) in [6.07, 6.45) is 1.55. The molecule has 0 aliphatic rings. The molecule has 0 saturated carbocycles. The van der Waals surface area contributed by atoms with E-state index in [-0.39, 0.29) is 11.3 Å². The Morgan fingerprint density at radius 2 is 1.45 bits per heavy atom. The summed E-state index contributed by atoms with van der Waals surface area (Å²) >= 11 is 0. The second-order valence-corrected chi connectivity index (χ2v) is 6.47. The number of aromatic carboxylic acids is 1. The number of rotatable bonds is 7. The lowest BCUT2D eigenvalue weighted by molar-refractivity contribution is -0.255. The average Bonchev–Trinajstić information content (AvgIpc) is 2.79. The van der Waals surface area contributed by atoms with Crippen molar-refractivity contribution in [1.29, 1.82) is 0 Å². The van der Waals surface area contributed by atoms with Gasteiger partial charge in [-0.15, -0.1) is 0 Å². The van der Waals surface area contributed by atoms with E-state index in [9.17, 15) is 19.5 Å². The Labute approximate surface area is 179 Å². The van der Waals surface area contributed by atoms with Crippen molar-refractivity contribution in [3.05, 3.63) is 101 Å². The van der Waals surface area contributed by atoms with Crippen molar-refractivity contribution in [1.82, 2.24) is 5.32 Å². The van der Waals surface area contributed by atoms with Gasteiger partial charge in [0.05, 0.1) is 13.1 Å². The smallest absolute Gasteiger partial charge is 0.272 e. The Hall–Kier alpha value is -4.39. The number of carboxylic acids is 1. The van der Waals surface area contributed by atoms with Gasteiger partial charge in [0.2, 0.25) is 0 Å². The highest BCUT2D eigenvalue weighted by atomic mass is 16.5. The summed E-state index contributed by atoms with van der Waals surface area (Å²) in [5.41, 5.74) is 1.45. The minimum atomic E-state index is -1.31. The molecule has 0 aliphatic heterocycles. The van der Waals surface area contributed by atoms with Crippen LogP contribution in [-0.2, 0) is 4.79 Å². The minimum absolute atomic E-state index is 0.00846. The molecule has 0 fully saturated rings. The van der Waals surface area contributed by atoms with E-state index in [1.165, 1.54) is 31.4 Å². The fourth-order valence-electron chi connectivity index (χ4n) is 2.70. The highest BCUT2D eigenvalue weighted by molar-refractivity contribution is 6.10. The van der Waals surface area contributed by atoms with E-state index in [1.807, 2.05) is 18.2 Å². The molecule has 0 aromatic heterocycles. The Morgan fingerprint density at radius 1 is 0.839 bits per heavy atom. The molecule has 0 heterocycles. The zero-order valence-electron chi connectivity index (χ0n) is 16.6. The Morgan fingerprint density at radius 3 is 2.03 bits per heavy atom. The van der Waals surface area contributed by atoms with Crippen LogP contribution in [0.1, 0.15) is 26.3 Å². The number of methoxy groups -OCH3 is 1. The van der Waals surface area contributed by atoms with Gasteiger partial charge >= 0.3 is 0 Å². The fraction of sp³-hybridized carbons (Fsp3) is 0.0417. The van der Waals surface area contributed by atoms with Crippen molar-refractivity contribution in [2.24, 2.45) is 0 Å². The average molecular weight is 415 g/mol. The summed E-state index contributed by atoms with van der Waals surface area (Å²) in [5.74, 6) is -1.73. The first-order valence-corrected chi connectivity index (χ1v) is 9.31. The molecule has 0 unspecified atom stereocenters. The highest BCUT2D eigenvalue weighted by Gasteiger charge is 2.15. The normalized spacial score (nSPS) is 10.8. The predicted octanol–water partition coefficient (Wildman–Crippen LogP) is 2.47. The van der Waals surface area contributed by atoms with Crippen molar-refractivity contribution in [2.75, 3.05) is 12.4 Å². The maximum absolute atomic E-state index is 12.9. The van der Waals surface area contributed by atoms with Crippen LogP contribution in [0.3, 0.4) is 0 Å². The molecule has 0 bridgehead atoms. The molecule has 7 nitrogen and oxygen atoms in total. The van der Waals surface area contributed by atoms with E-state index in [0.717, 1.165) is 5.56 Å². The predicted molar refractivity (Wildman–Crippen MR) is 114 cm³/mol. The largest absolute Gasteiger partial charge is 0.545 e. The van der Waals surface area contributed by atoms with E-state index in [0.29, 0.717) is 17.0 Å². The van der Waals surface area contributed by atoms with Gasteiger partial charge in [0, 0.05) is 11.3 Å². The molecule has 156 valence electrons. The Bertz CT molecular complexity index is 1100. The second kappa shape index (κ2) is 9.89. The topological polar surface area (TPSA) is 108 Å². The summed E-state index contributed by atoms with van der Waals surface area (Å²) in [6, 6.07) is 21.0. The van der Waals surface area contributed by atoms with Gasteiger partial charge in [-0.25, -0.2) is 0 Å². The molecule has 0 aliphatic carbocycles. The number of carboxylic acid groups (broad SMARTS) is 1. The molecule has 31 heavy (non-hydrogen) atoms. The molecule has 3 rings (SSSR count). The zero-order chi connectivity index (χ0) is 22.2. The summed E-state index contributed by atoms with van der Waals surface area (Å²) in [6.45, 7) is 0. The van der Waals surface area contributed by atoms with Gasteiger partial charge in [-0.05, 0) is 53.6 Å². The van der Waals surface area contributed by atoms with Crippen molar-refractivity contribution >= 4 is 29.5 Å². The monoisotopic (exact) mass is 415 g/mol. The maximum atomic E-state index is 12.9. The number of nitrogens with one attached hydrogen (secondary N) is 2. The lowest BCUT2D eigenvalue weighted by Gasteiger charge is -2.12. The van der Waals surface area contributed by atoms with Crippen LogP contribution in [0.4, 0.5) is 5.69 Å². The van der Waals surface area contributed by atoms with Gasteiger partial charge in [-0.1, -0.05) is 42.5 Å². The van der Waals surface area contributed by atoms with Crippen molar-refractivity contribution in [3.8, 4) is 5.75 Å². The number of carbonyl (C=O) groups excluding carboxylic acids is 3. The van der Waals surface area contributed by atoms with Crippen LogP contribution in [0.25, 0.3) is 6.08 Å². The van der Waals surface area contributed by atoms with Crippen LogP contribution < -0.4 is 20.5 Å². The van der Waals surface area contributed by atoms with E-state index >= 15 is 0 Å². The summed E-state index contributed by atoms with van der Waals surface area (Å²) in [4.78, 5) is 36.4. The highest BCUT2D eigenvalue weighted by Crippen LogP contribution is 2.14. The quantitative estimate of drug-likeness (QED) is 0.577. The van der Waals surface area contributed by atoms with Gasteiger partial charge in [-0.2, -0.15) is 0 Å². The van der Waals surface area contributed by atoms with Crippen LogP contribution in [-0.4, -0.2) is 24.9 Å². The summed E-state index contributed by atoms with van der Waals surface area (Å²) < 4.78 is 5.09. The molecule has 2 N–H and O–H groups in total.